The SMILES string of the molecule is COc1ccc(CN(C)CC(=O)NCCc2ccc(S(N)(=O)=O)cc2)cc1F. The van der Waals surface area contributed by atoms with E-state index in [2.05, 4.69) is 5.32 Å². The average Bonchev–Trinajstić information content (AvgIpc) is 2.61. The van der Waals surface area contributed by atoms with Gasteiger partial charge in [-0.3, -0.25) is 9.69 Å². The van der Waals surface area contributed by atoms with Gasteiger partial charge in [0.05, 0.1) is 18.6 Å². The number of nitrogens with one attached hydrogen (secondary N) is 1. The average molecular weight is 409 g/mol. The first-order valence-electron chi connectivity index (χ1n) is 8.58. The van der Waals surface area contributed by atoms with Crippen molar-refractivity contribution in [1.29, 1.82) is 0 Å². The van der Waals surface area contributed by atoms with Gasteiger partial charge >= 0.3 is 0 Å². The molecule has 0 bridgehead atoms. The van der Waals surface area contributed by atoms with Crippen molar-refractivity contribution in [3.63, 3.8) is 0 Å². The van der Waals surface area contributed by atoms with Crippen LogP contribution in [0.4, 0.5) is 4.39 Å². The zero-order valence-corrected chi connectivity index (χ0v) is 16.6. The Morgan fingerprint density at radius 1 is 1.18 bits per heavy atom. The van der Waals surface area contributed by atoms with Crippen LogP contribution in [0.1, 0.15) is 11.1 Å². The number of halogens is 1. The molecule has 0 saturated heterocycles. The number of benzene rings is 2. The molecule has 0 aliphatic rings. The predicted octanol–water partition coefficient (Wildman–Crippen LogP) is 1.27. The fourth-order valence-corrected chi connectivity index (χ4v) is 3.18. The summed E-state index contributed by atoms with van der Waals surface area (Å²) in [5.74, 6) is -0.412. The second kappa shape index (κ2) is 9.63. The van der Waals surface area contributed by atoms with Gasteiger partial charge in [0, 0.05) is 13.1 Å². The van der Waals surface area contributed by atoms with E-state index in [1.165, 1.54) is 25.3 Å². The van der Waals surface area contributed by atoms with Gasteiger partial charge in [-0.25, -0.2) is 17.9 Å². The van der Waals surface area contributed by atoms with Crippen LogP contribution in [0.15, 0.2) is 47.4 Å². The van der Waals surface area contributed by atoms with Crippen molar-refractivity contribution in [3.05, 3.63) is 59.4 Å². The number of amides is 1. The molecule has 0 spiro atoms. The molecule has 0 fully saturated rings. The van der Waals surface area contributed by atoms with E-state index in [0.29, 0.717) is 19.5 Å². The lowest BCUT2D eigenvalue weighted by atomic mass is 10.1. The molecule has 0 radical (unpaired) electrons. The third-order valence-electron chi connectivity index (χ3n) is 4.07. The molecule has 2 aromatic carbocycles. The van der Waals surface area contributed by atoms with Gasteiger partial charge in [-0.1, -0.05) is 18.2 Å². The maximum atomic E-state index is 13.7. The van der Waals surface area contributed by atoms with E-state index < -0.39 is 15.8 Å². The van der Waals surface area contributed by atoms with Crippen LogP contribution in [0.2, 0.25) is 0 Å². The summed E-state index contributed by atoms with van der Waals surface area (Å²) in [5, 5.41) is 7.86. The molecule has 0 aliphatic heterocycles. The zero-order chi connectivity index (χ0) is 20.7. The van der Waals surface area contributed by atoms with E-state index in [9.17, 15) is 17.6 Å². The Morgan fingerprint density at radius 2 is 1.82 bits per heavy atom. The summed E-state index contributed by atoms with van der Waals surface area (Å²) >= 11 is 0. The van der Waals surface area contributed by atoms with Crippen molar-refractivity contribution in [2.75, 3.05) is 27.2 Å². The lowest BCUT2D eigenvalue weighted by molar-refractivity contribution is -0.122. The van der Waals surface area contributed by atoms with E-state index >= 15 is 0 Å². The number of hydrogen-bond donors (Lipinski definition) is 2. The molecule has 9 heteroatoms. The highest BCUT2D eigenvalue weighted by Gasteiger charge is 2.10. The molecule has 0 aliphatic carbocycles. The zero-order valence-electron chi connectivity index (χ0n) is 15.8. The van der Waals surface area contributed by atoms with Crippen molar-refractivity contribution in [1.82, 2.24) is 10.2 Å². The number of rotatable bonds is 9. The summed E-state index contributed by atoms with van der Waals surface area (Å²) in [4.78, 5) is 13.9. The number of nitrogens with two attached hydrogens (primary N) is 1. The summed E-state index contributed by atoms with van der Waals surface area (Å²) in [7, 11) is -0.528. The van der Waals surface area contributed by atoms with Crippen molar-refractivity contribution < 1.29 is 22.3 Å². The van der Waals surface area contributed by atoms with E-state index in [1.54, 1.807) is 36.2 Å². The third kappa shape index (κ3) is 6.59. The monoisotopic (exact) mass is 409 g/mol. The molecular weight excluding hydrogens is 385 g/mol. The maximum Gasteiger partial charge on any atom is 0.238 e. The molecule has 152 valence electrons. The minimum Gasteiger partial charge on any atom is -0.494 e. The van der Waals surface area contributed by atoms with Gasteiger partial charge < -0.3 is 10.1 Å². The Bertz CT molecular complexity index is 917. The van der Waals surface area contributed by atoms with Crippen molar-refractivity contribution in [2.45, 2.75) is 17.9 Å². The quantitative estimate of drug-likeness (QED) is 0.650. The van der Waals surface area contributed by atoms with E-state index in [1.807, 2.05) is 0 Å². The van der Waals surface area contributed by atoms with Crippen LogP contribution in [-0.2, 0) is 27.8 Å². The van der Waals surface area contributed by atoms with Crippen molar-refractivity contribution in [3.8, 4) is 5.75 Å². The summed E-state index contributed by atoms with van der Waals surface area (Å²) < 4.78 is 41.0. The number of nitrogens with zero attached hydrogens (tertiary/aromatic N) is 1. The molecule has 2 rings (SSSR count). The van der Waals surface area contributed by atoms with Crippen molar-refractivity contribution >= 4 is 15.9 Å². The summed E-state index contributed by atoms with van der Waals surface area (Å²) in [5.41, 5.74) is 1.62. The van der Waals surface area contributed by atoms with Crippen molar-refractivity contribution in [2.24, 2.45) is 5.14 Å². The Morgan fingerprint density at radius 3 is 2.39 bits per heavy atom. The van der Waals surface area contributed by atoms with Crippen LogP contribution >= 0.6 is 0 Å². The van der Waals surface area contributed by atoms with Crippen LogP contribution in [-0.4, -0.2) is 46.5 Å². The first-order chi connectivity index (χ1) is 13.2. The largest absolute Gasteiger partial charge is 0.494 e. The minimum atomic E-state index is -3.71. The molecule has 2 aromatic rings. The Labute approximate surface area is 164 Å². The molecule has 0 unspecified atom stereocenters. The Hall–Kier alpha value is -2.49. The second-order valence-electron chi connectivity index (χ2n) is 6.43. The molecule has 7 nitrogen and oxygen atoms in total. The van der Waals surface area contributed by atoms with Crippen LogP contribution in [0.3, 0.4) is 0 Å². The van der Waals surface area contributed by atoms with Gasteiger partial charge in [0.15, 0.2) is 11.6 Å². The molecule has 3 N–H and O–H groups in total. The minimum absolute atomic E-state index is 0.0527. The highest BCUT2D eigenvalue weighted by atomic mass is 32.2. The van der Waals surface area contributed by atoms with Crippen LogP contribution in [0, 0.1) is 5.82 Å². The normalized spacial score (nSPS) is 11.5. The predicted molar refractivity (Wildman–Crippen MR) is 104 cm³/mol. The van der Waals surface area contributed by atoms with Crippen LogP contribution < -0.4 is 15.2 Å². The second-order valence-corrected chi connectivity index (χ2v) is 7.99. The fourth-order valence-electron chi connectivity index (χ4n) is 2.67. The van der Waals surface area contributed by atoms with E-state index in [0.717, 1.165) is 11.1 Å². The van der Waals surface area contributed by atoms with Crippen LogP contribution in [0.25, 0.3) is 0 Å². The van der Waals surface area contributed by atoms with Gasteiger partial charge in [0.1, 0.15) is 0 Å². The number of likely N-dealkylation sites (N-methyl/N-ethyl adjacent to an activating group) is 1. The first-order valence-corrected chi connectivity index (χ1v) is 10.1. The standard InChI is InChI=1S/C19H24FN3O4S/c1-23(12-15-5-8-18(27-2)17(20)11-15)13-19(24)22-10-9-14-3-6-16(7-4-14)28(21,25)26/h3-8,11H,9-10,12-13H2,1-2H3,(H,22,24)(H2,21,25,26). The van der Waals surface area contributed by atoms with Gasteiger partial charge in [-0.2, -0.15) is 0 Å². The lowest BCUT2D eigenvalue weighted by Crippen LogP contribution is -2.35. The number of ether oxygens (including phenoxy) is 1. The molecular formula is C19H24FN3O4S. The Balaban J connectivity index is 1.76. The molecule has 1 amide bonds. The summed E-state index contributed by atoms with van der Waals surface area (Å²) in [6.07, 6.45) is 0.560. The summed E-state index contributed by atoms with van der Waals surface area (Å²) in [6, 6.07) is 10.9. The molecule has 0 saturated carbocycles. The van der Waals surface area contributed by atoms with Gasteiger partial charge in [0.25, 0.3) is 0 Å². The summed E-state index contributed by atoms with van der Waals surface area (Å²) in [6.45, 7) is 1.000. The number of carbonyl (C=O) groups is 1. The molecule has 0 heterocycles. The topological polar surface area (TPSA) is 102 Å². The third-order valence-corrected chi connectivity index (χ3v) is 5.00. The Kier molecular flexibility index (Phi) is 7.50. The number of sulfonamides is 1. The highest BCUT2D eigenvalue weighted by Crippen LogP contribution is 2.18. The smallest absolute Gasteiger partial charge is 0.238 e. The lowest BCUT2D eigenvalue weighted by Gasteiger charge is -2.17. The highest BCUT2D eigenvalue weighted by molar-refractivity contribution is 7.89. The van der Waals surface area contributed by atoms with Gasteiger partial charge in [-0.15, -0.1) is 0 Å². The number of methoxy groups -OCH3 is 1. The van der Waals surface area contributed by atoms with Gasteiger partial charge in [0.2, 0.25) is 15.9 Å². The molecule has 28 heavy (non-hydrogen) atoms. The number of primary sulfonamides is 1. The first kappa shape index (κ1) is 21.8. The maximum absolute atomic E-state index is 13.7. The number of hydrogen-bond acceptors (Lipinski definition) is 5. The van der Waals surface area contributed by atoms with Crippen LogP contribution in [0.5, 0.6) is 5.75 Å². The fraction of sp³-hybridized carbons (Fsp3) is 0.316. The number of carbonyl (C=O) groups excluding carboxylic acids is 1. The molecule has 0 atom stereocenters. The van der Waals surface area contributed by atoms with E-state index in [4.69, 9.17) is 9.88 Å². The molecule has 0 aromatic heterocycles. The van der Waals surface area contributed by atoms with E-state index in [-0.39, 0.29) is 23.1 Å². The van der Waals surface area contributed by atoms with Gasteiger partial charge in [-0.05, 0) is 48.9 Å².